The van der Waals surface area contributed by atoms with Gasteiger partial charge in [0, 0.05) is 21.9 Å². The second-order valence-corrected chi connectivity index (χ2v) is 12.6. The predicted octanol–water partition coefficient (Wildman–Crippen LogP) is 7.28. The Morgan fingerprint density at radius 2 is 1.00 bits per heavy atom. The Morgan fingerprint density at radius 1 is 0.592 bits per heavy atom. The Hall–Kier alpha value is -5.92. The van der Waals surface area contributed by atoms with Gasteiger partial charge in [-0.25, -0.2) is 9.97 Å². The number of nitrogens with one attached hydrogen (secondary N) is 2. The van der Waals surface area contributed by atoms with Crippen molar-refractivity contribution in [2.45, 2.75) is 12.2 Å². The molecule has 0 radical (unpaired) electrons. The molecule has 244 valence electrons. The van der Waals surface area contributed by atoms with Crippen molar-refractivity contribution in [2.75, 3.05) is 23.8 Å². The lowest BCUT2D eigenvalue weighted by molar-refractivity contribution is -0.125. The smallest absolute Gasteiger partial charge is 0.270 e. The van der Waals surface area contributed by atoms with Crippen molar-refractivity contribution >= 4 is 44.8 Å². The van der Waals surface area contributed by atoms with Crippen molar-refractivity contribution in [1.82, 2.24) is 9.97 Å². The van der Waals surface area contributed by atoms with E-state index in [4.69, 9.17) is 23.7 Å². The molecule has 2 aromatic heterocycles. The molecule has 2 amide bonds. The largest absolute Gasteiger partial charge is 0.485 e. The summed E-state index contributed by atoms with van der Waals surface area (Å²) in [7, 11) is 0. The standard InChI is InChI=1S/C36H26N4O7S2/c41-33(31-17-43-27-5-1-3-7-29(27)46-31)39-35-37-25(19-48-35)21-9-13-23(14-10-21)45-24-15-11-22(12-16-24)26-20-49-36(38-26)40-34(42)32-18-44-28-6-2-4-8-30(28)47-32/h1-16,19-20,31-32H,17-18H2,(H,37,39,41)(H,38,40,42). The molecule has 2 atom stereocenters. The Kier molecular flexibility index (Phi) is 8.25. The number of benzene rings is 4. The van der Waals surface area contributed by atoms with Crippen LogP contribution < -0.4 is 34.3 Å². The number of anilines is 2. The first-order chi connectivity index (χ1) is 24.0. The summed E-state index contributed by atoms with van der Waals surface area (Å²) < 4.78 is 28.9. The van der Waals surface area contributed by atoms with Gasteiger partial charge in [0.25, 0.3) is 11.8 Å². The lowest BCUT2D eigenvalue weighted by atomic mass is 10.1. The van der Waals surface area contributed by atoms with Gasteiger partial charge in [0.15, 0.2) is 33.3 Å². The van der Waals surface area contributed by atoms with E-state index < -0.39 is 12.2 Å². The maximum atomic E-state index is 12.8. The number of hydrogen-bond acceptors (Lipinski definition) is 11. The minimum absolute atomic E-state index is 0.125. The first-order valence-corrected chi connectivity index (χ1v) is 17.0. The molecule has 0 saturated heterocycles. The van der Waals surface area contributed by atoms with Crippen LogP contribution in [0.15, 0.2) is 108 Å². The zero-order chi connectivity index (χ0) is 33.2. The summed E-state index contributed by atoms with van der Waals surface area (Å²) in [6.07, 6.45) is -1.53. The Labute approximate surface area is 288 Å². The number of aromatic nitrogens is 2. The molecule has 2 N–H and O–H groups in total. The van der Waals surface area contributed by atoms with E-state index in [-0.39, 0.29) is 25.0 Å². The molecule has 2 aliphatic heterocycles. The number of ether oxygens (including phenoxy) is 5. The molecule has 2 aliphatic rings. The Bertz CT molecular complexity index is 1980. The number of carbonyl (C=O) groups excluding carboxylic acids is 2. The Morgan fingerprint density at radius 3 is 1.43 bits per heavy atom. The number of rotatable bonds is 8. The summed E-state index contributed by atoms with van der Waals surface area (Å²) in [6.45, 7) is 0.250. The van der Waals surface area contributed by atoms with Crippen molar-refractivity contribution in [1.29, 1.82) is 0 Å². The number of hydrogen-bond donors (Lipinski definition) is 2. The first kappa shape index (κ1) is 30.4. The molecular formula is C36H26N4O7S2. The van der Waals surface area contributed by atoms with Gasteiger partial charge in [-0.3, -0.25) is 20.2 Å². The van der Waals surface area contributed by atoms with Gasteiger partial charge >= 0.3 is 0 Å². The molecule has 6 aromatic rings. The van der Waals surface area contributed by atoms with E-state index in [0.717, 1.165) is 22.5 Å². The van der Waals surface area contributed by atoms with Crippen LogP contribution in [0.5, 0.6) is 34.5 Å². The van der Waals surface area contributed by atoms with Crippen LogP contribution in [0.1, 0.15) is 0 Å². The minimum Gasteiger partial charge on any atom is -0.485 e. The van der Waals surface area contributed by atoms with Gasteiger partial charge < -0.3 is 23.7 Å². The van der Waals surface area contributed by atoms with E-state index in [2.05, 4.69) is 20.6 Å². The van der Waals surface area contributed by atoms with E-state index in [1.54, 1.807) is 24.3 Å². The molecule has 49 heavy (non-hydrogen) atoms. The van der Waals surface area contributed by atoms with E-state index in [1.165, 1.54) is 22.7 Å². The van der Waals surface area contributed by atoms with Crippen LogP contribution in [-0.2, 0) is 9.59 Å². The van der Waals surface area contributed by atoms with E-state index in [9.17, 15) is 9.59 Å². The molecule has 8 rings (SSSR count). The summed E-state index contributed by atoms with van der Waals surface area (Å²) >= 11 is 2.66. The topological polar surface area (TPSA) is 130 Å². The zero-order valence-electron chi connectivity index (χ0n) is 25.5. The zero-order valence-corrected chi connectivity index (χ0v) is 27.2. The highest BCUT2D eigenvalue weighted by Crippen LogP contribution is 2.34. The second kappa shape index (κ2) is 13.3. The van der Waals surface area contributed by atoms with Crippen LogP contribution in [0.4, 0.5) is 10.3 Å². The molecule has 0 fully saturated rings. The van der Waals surface area contributed by atoms with Crippen LogP contribution >= 0.6 is 22.7 Å². The molecular weight excluding hydrogens is 665 g/mol. The number of amides is 2. The van der Waals surface area contributed by atoms with Crippen LogP contribution in [0.2, 0.25) is 0 Å². The molecule has 13 heteroatoms. The number of fused-ring (bicyclic) bond motifs is 2. The van der Waals surface area contributed by atoms with Crippen LogP contribution in [-0.4, -0.2) is 47.2 Å². The lowest BCUT2D eigenvalue weighted by Crippen LogP contribution is -2.40. The Balaban J connectivity index is 0.841. The maximum absolute atomic E-state index is 12.8. The molecule has 11 nitrogen and oxygen atoms in total. The van der Waals surface area contributed by atoms with Crippen molar-refractivity contribution in [3.8, 4) is 57.0 Å². The fraction of sp³-hybridized carbons (Fsp3) is 0.111. The summed E-state index contributed by atoms with van der Waals surface area (Å²) in [5.41, 5.74) is 3.21. The molecule has 0 saturated carbocycles. The molecule has 0 bridgehead atoms. The van der Waals surface area contributed by atoms with Gasteiger partial charge in [0.1, 0.15) is 24.7 Å². The summed E-state index contributed by atoms with van der Waals surface area (Å²) in [5.74, 6) is 2.99. The average Bonchev–Trinajstić information content (AvgIpc) is 3.82. The monoisotopic (exact) mass is 690 g/mol. The van der Waals surface area contributed by atoms with Crippen molar-refractivity contribution in [3.63, 3.8) is 0 Å². The normalized spacial score (nSPS) is 16.0. The summed E-state index contributed by atoms with van der Waals surface area (Å²) in [4.78, 5) is 34.7. The molecule has 4 aromatic carbocycles. The van der Waals surface area contributed by atoms with E-state index >= 15 is 0 Å². The fourth-order valence-electron chi connectivity index (χ4n) is 5.12. The lowest BCUT2D eigenvalue weighted by Gasteiger charge is -2.25. The predicted molar refractivity (Wildman–Crippen MR) is 185 cm³/mol. The summed E-state index contributed by atoms with van der Waals surface area (Å²) in [6, 6.07) is 29.6. The van der Waals surface area contributed by atoms with Crippen LogP contribution in [0.25, 0.3) is 22.5 Å². The van der Waals surface area contributed by atoms with Gasteiger partial charge in [-0.05, 0) is 72.8 Å². The van der Waals surface area contributed by atoms with E-state index in [1.807, 2.05) is 83.6 Å². The molecule has 0 aliphatic carbocycles. The quantitative estimate of drug-likeness (QED) is 0.169. The van der Waals surface area contributed by atoms with Gasteiger partial charge in [0.2, 0.25) is 12.2 Å². The highest BCUT2D eigenvalue weighted by atomic mass is 32.1. The molecule has 4 heterocycles. The molecule has 2 unspecified atom stereocenters. The summed E-state index contributed by atoms with van der Waals surface area (Å²) in [5, 5.41) is 10.3. The van der Waals surface area contributed by atoms with Gasteiger partial charge in [0.05, 0.1) is 11.4 Å². The SMILES string of the molecule is O=C(Nc1nc(-c2ccc(Oc3ccc(-c4csc(NC(=O)C5COc6ccccc6O5)n4)cc3)cc2)cs1)C1COc2ccccc2O1. The number of para-hydroxylation sites is 4. The highest BCUT2D eigenvalue weighted by molar-refractivity contribution is 7.14. The van der Waals surface area contributed by atoms with Crippen molar-refractivity contribution in [3.05, 3.63) is 108 Å². The fourth-order valence-corrected chi connectivity index (χ4v) is 6.57. The third-order valence-corrected chi connectivity index (χ3v) is 9.12. The number of thiazole rings is 2. The van der Waals surface area contributed by atoms with Crippen molar-refractivity contribution in [2.24, 2.45) is 0 Å². The third-order valence-electron chi connectivity index (χ3n) is 7.61. The van der Waals surface area contributed by atoms with Crippen LogP contribution in [0, 0.1) is 0 Å². The molecule has 0 spiro atoms. The average molecular weight is 691 g/mol. The minimum atomic E-state index is -0.767. The number of nitrogens with zero attached hydrogens (tertiary/aromatic N) is 2. The van der Waals surface area contributed by atoms with Crippen molar-refractivity contribution < 1.29 is 33.3 Å². The van der Waals surface area contributed by atoms with Crippen LogP contribution in [0.3, 0.4) is 0 Å². The first-order valence-electron chi connectivity index (χ1n) is 15.2. The van der Waals surface area contributed by atoms with E-state index in [0.29, 0.717) is 44.8 Å². The maximum Gasteiger partial charge on any atom is 0.270 e. The van der Waals surface area contributed by atoms with Gasteiger partial charge in [-0.15, -0.1) is 22.7 Å². The van der Waals surface area contributed by atoms with Gasteiger partial charge in [-0.1, -0.05) is 24.3 Å². The van der Waals surface area contributed by atoms with Gasteiger partial charge in [-0.2, -0.15) is 0 Å². The number of carbonyl (C=O) groups is 2. The second-order valence-electron chi connectivity index (χ2n) is 10.9. The highest BCUT2D eigenvalue weighted by Gasteiger charge is 2.29. The third kappa shape index (κ3) is 6.75.